The Bertz CT molecular complexity index is 361. The molecule has 0 spiro atoms. The van der Waals surface area contributed by atoms with Crippen LogP contribution in [0.25, 0.3) is 0 Å². The van der Waals surface area contributed by atoms with Crippen LogP contribution in [0, 0.1) is 0 Å². The first-order valence-electron chi connectivity index (χ1n) is 4.33. The summed E-state index contributed by atoms with van der Waals surface area (Å²) in [6.07, 6.45) is 0.764. The van der Waals surface area contributed by atoms with Gasteiger partial charge in [-0.25, -0.2) is 0 Å². The Hall–Kier alpha value is -1.44. The van der Waals surface area contributed by atoms with Crippen molar-refractivity contribution in [3.8, 4) is 0 Å². The van der Waals surface area contributed by atoms with Gasteiger partial charge in [-0.1, -0.05) is 0 Å². The molecule has 1 aromatic heterocycles. The maximum Gasteiger partial charge on any atom is 0.274 e. The number of aromatic nitrogens is 2. The van der Waals surface area contributed by atoms with Gasteiger partial charge in [0.25, 0.3) is 5.56 Å². The number of nitrogen functional groups attached to an aromatic ring is 1. The SMILES string of the molecule is Nc1nc(=O)ccn1COC(CO)CO. The van der Waals surface area contributed by atoms with E-state index in [9.17, 15) is 4.79 Å². The van der Waals surface area contributed by atoms with Crippen LogP contribution in [0.3, 0.4) is 0 Å². The van der Waals surface area contributed by atoms with E-state index >= 15 is 0 Å². The summed E-state index contributed by atoms with van der Waals surface area (Å²) >= 11 is 0. The Morgan fingerprint density at radius 3 is 2.73 bits per heavy atom. The largest absolute Gasteiger partial charge is 0.394 e. The van der Waals surface area contributed by atoms with E-state index in [1.165, 1.54) is 16.8 Å². The molecule has 0 saturated heterocycles. The summed E-state index contributed by atoms with van der Waals surface area (Å²) in [6, 6.07) is 1.24. The molecule has 84 valence electrons. The third-order valence-electron chi connectivity index (χ3n) is 1.77. The van der Waals surface area contributed by atoms with Crippen molar-refractivity contribution >= 4 is 5.95 Å². The predicted molar refractivity (Wildman–Crippen MR) is 52.0 cm³/mol. The van der Waals surface area contributed by atoms with Crippen molar-refractivity contribution in [2.24, 2.45) is 0 Å². The molecule has 0 aliphatic rings. The highest BCUT2D eigenvalue weighted by Crippen LogP contribution is 1.98. The Morgan fingerprint density at radius 1 is 1.53 bits per heavy atom. The summed E-state index contributed by atoms with van der Waals surface area (Å²) < 4.78 is 6.48. The molecule has 0 aliphatic carbocycles. The molecule has 0 unspecified atom stereocenters. The Labute approximate surface area is 85.7 Å². The highest BCUT2D eigenvalue weighted by atomic mass is 16.5. The Balaban J connectivity index is 2.61. The standard InChI is InChI=1S/C8H13N3O4/c9-8-10-7(14)1-2-11(8)5-15-6(3-12)4-13/h1-2,6,12-13H,3-5H2,(H2,9,10,14). The molecule has 7 heteroatoms. The fourth-order valence-electron chi connectivity index (χ4n) is 0.903. The van der Waals surface area contributed by atoms with Gasteiger partial charge >= 0.3 is 0 Å². The number of anilines is 1. The van der Waals surface area contributed by atoms with Crippen molar-refractivity contribution in [3.05, 3.63) is 22.6 Å². The van der Waals surface area contributed by atoms with E-state index in [1.54, 1.807) is 0 Å². The van der Waals surface area contributed by atoms with Crippen LogP contribution in [0.15, 0.2) is 17.1 Å². The summed E-state index contributed by atoms with van der Waals surface area (Å²) in [5, 5.41) is 17.5. The van der Waals surface area contributed by atoms with Gasteiger partial charge in [-0.15, -0.1) is 0 Å². The van der Waals surface area contributed by atoms with Crippen molar-refractivity contribution in [2.45, 2.75) is 12.8 Å². The number of hydrogen-bond acceptors (Lipinski definition) is 6. The van der Waals surface area contributed by atoms with Gasteiger partial charge in [0, 0.05) is 12.3 Å². The average Bonchev–Trinajstić information content (AvgIpc) is 2.22. The lowest BCUT2D eigenvalue weighted by Gasteiger charge is -2.14. The van der Waals surface area contributed by atoms with Crippen molar-refractivity contribution in [3.63, 3.8) is 0 Å². The van der Waals surface area contributed by atoms with Gasteiger partial charge in [-0.2, -0.15) is 4.98 Å². The normalized spacial score (nSPS) is 10.9. The lowest BCUT2D eigenvalue weighted by atomic mass is 10.4. The molecule has 0 aliphatic heterocycles. The predicted octanol–water partition coefficient (Wildman–Crippen LogP) is -1.85. The minimum atomic E-state index is -0.663. The summed E-state index contributed by atoms with van der Waals surface area (Å²) in [4.78, 5) is 14.3. The molecular weight excluding hydrogens is 202 g/mol. The van der Waals surface area contributed by atoms with Crippen molar-refractivity contribution < 1.29 is 14.9 Å². The summed E-state index contributed by atoms with van der Waals surface area (Å²) in [6.45, 7) is -0.557. The smallest absolute Gasteiger partial charge is 0.274 e. The number of aliphatic hydroxyl groups is 2. The summed E-state index contributed by atoms with van der Waals surface area (Å²) in [5.41, 5.74) is 5.01. The van der Waals surface area contributed by atoms with Crippen LogP contribution in [0.1, 0.15) is 0 Å². The monoisotopic (exact) mass is 215 g/mol. The highest BCUT2D eigenvalue weighted by Gasteiger charge is 2.06. The quantitative estimate of drug-likeness (QED) is 0.532. The lowest BCUT2D eigenvalue weighted by Crippen LogP contribution is -2.25. The lowest BCUT2D eigenvalue weighted by molar-refractivity contribution is -0.0496. The van der Waals surface area contributed by atoms with Gasteiger partial charge in [0.2, 0.25) is 5.95 Å². The van der Waals surface area contributed by atoms with Crippen LogP contribution in [0.4, 0.5) is 5.95 Å². The minimum absolute atomic E-state index is 0.0188. The maximum atomic E-state index is 10.8. The highest BCUT2D eigenvalue weighted by molar-refractivity contribution is 5.15. The molecule has 0 saturated carbocycles. The molecule has 0 radical (unpaired) electrons. The number of nitrogens with zero attached hydrogens (tertiary/aromatic N) is 2. The summed E-state index contributed by atoms with van der Waals surface area (Å²) in [7, 11) is 0. The fraction of sp³-hybridized carbons (Fsp3) is 0.500. The maximum absolute atomic E-state index is 10.8. The van der Waals surface area contributed by atoms with Crippen LogP contribution < -0.4 is 11.3 Å². The van der Waals surface area contributed by atoms with Gasteiger partial charge in [-0.05, 0) is 0 Å². The topological polar surface area (TPSA) is 111 Å². The third-order valence-corrected chi connectivity index (χ3v) is 1.77. The molecule has 0 atom stereocenters. The van der Waals surface area contributed by atoms with Crippen molar-refractivity contribution in [2.75, 3.05) is 18.9 Å². The minimum Gasteiger partial charge on any atom is -0.394 e. The zero-order valence-corrected chi connectivity index (χ0v) is 8.04. The first-order valence-corrected chi connectivity index (χ1v) is 4.33. The van der Waals surface area contributed by atoms with Gasteiger partial charge < -0.3 is 20.7 Å². The Morgan fingerprint density at radius 2 is 2.20 bits per heavy atom. The zero-order valence-electron chi connectivity index (χ0n) is 8.04. The second kappa shape index (κ2) is 5.44. The molecule has 0 aromatic carbocycles. The van der Waals surface area contributed by atoms with E-state index in [-0.39, 0.29) is 25.9 Å². The number of hydrogen-bond donors (Lipinski definition) is 3. The molecule has 15 heavy (non-hydrogen) atoms. The van der Waals surface area contributed by atoms with Gasteiger partial charge in [-0.3, -0.25) is 9.36 Å². The van der Waals surface area contributed by atoms with Crippen LogP contribution in [-0.2, 0) is 11.5 Å². The van der Waals surface area contributed by atoms with Gasteiger partial charge in [0.1, 0.15) is 12.8 Å². The van der Waals surface area contributed by atoms with Gasteiger partial charge in [0.05, 0.1) is 13.2 Å². The van der Waals surface area contributed by atoms with Crippen molar-refractivity contribution in [1.29, 1.82) is 0 Å². The number of nitrogens with two attached hydrogens (primary N) is 1. The zero-order chi connectivity index (χ0) is 11.3. The number of rotatable bonds is 5. The molecule has 1 heterocycles. The number of ether oxygens (including phenoxy) is 1. The molecule has 1 aromatic rings. The van der Waals surface area contributed by atoms with E-state index in [4.69, 9.17) is 20.7 Å². The molecule has 4 N–H and O–H groups in total. The second-order valence-corrected chi connectivity index (χ2v) is 2.88. The first-order chi connectivity index (χ1) is 7.17. The molecule has 0 amide bonds. The molecule has 0 fully saturated rings. The fourth-order valence-corrected chi connectivity index (χ4v) is 0.903. The van der Waals surface area contributed by atoms with E-state index < -0.39 is 11.7 Å². The first kappa shape index (κ1) is 11.6. The summed E-state index contributed by atoms with van der Waals surface area (Å²) in [5.74, 6) is 0.0251. The average molecular weight is 215 g/mol. The van der Waals surface area contributed by atoms with Crippen molar-refractivity contribution in [1.82, 2.24) is 9.55 Å². The van der Waals surface area contributed by atoms with Crippen LogP contribution in [0.2, 0.25) is 0 Å². The Kier molecular flexibility index (Phi) is 4.22. The second-order valence-electron chi connectivity index (χ2n) is 2.88. The molecule has 7 nitrogen and oxygen atoms in total. The van der Waals surface area contributed by atoms with E-state index in [2.05, 4.69) is 4.98 Å². The molecule has 0 bridgehead atoms. The van der Waals surface area contributed by atoms with E-state index in [0.29, 0.717) is 0 Å². The molecular formula is C8H13N3O4. The number of aliphatic hydroxyl groups excluding tert-OH is 2. The van der Waals surface area contributed by atoms with Crippen LogP contribution in [0.5, 0.6) is 0 Å². The van der Waals surface area contributed by atoms with Gasteiger partial charge in [0.15, 0.2) is 0 Å². The van der Waals surface area contributed by atoms with E-state index in [1.807, 2.05) is 0 Å². The van der Waals surface area contributed by atoms with E-state index in [0.717, 1.165) is 0 Å². The molecule has 1 rings (SSSR count). The van der Waals surface area contributed by atoms with Crippen LogP contribution >= 0.6 is 0 Å². The van der Waals surface area contributed by atoms with Crippen LogP contribution in [-0.4, -0.2) is 39.1 Å². The third kappa shape index (κ3) is 3.31.